The van der Waals surface area contributed by atoms with Crippen LogP contribution in [-0.2, 0) is 18.3 Å². The number of hydrogen-bond acceptors (Lipinski definition) is 7. The Morgan fingerprint density at radius 3 is 2.59 bits per heavy atom. The van der Waals surface area contributed by atoms with Gasteiger partial charge in [0.15, 0.2) is 0 Å². The second-order valence-electron chi connectivity index (χ2n) is 8.89. The monoisotopic (exact) mass is 401 g/mol. The average Bonchev–Trinajstić information content (AvgIpc) is 3.42. The summed E-state index contributed by atoms with van der Waals surface area (Å²) in [5.41, 5.74) is 2.12. The van der Waals surface area contributed by atoms with E-state index in [1.807, 2.05) is 13.1 Å². The predicted octanol–water partition coefficient (Wildman–Crippen LogP) is 1.29. The van der Waals surface area contributed by atoms with Crippen molar-refractivity contribution in [3.8, 4) is 11.6 Å². The number of rotatable bonds is 4. The molecular weight excluding hydrogens is 370 g/mol. The lowest BCUT2D eigenvalue weighted by atomic mass is 9.77. The van der Waals surface area contributed by atoms with Crippen LogP contribution >= 0.6 is 0 Å². The van der Waals surface area contributed by atoms with Gasteiger partial charge in [0.1, 0.15) is 5.69 Å². The number of aromatic nitrogens is 3. The minimum absolute atomic E-state index is 0.232. The van der Waals surface area contributed by atoms with Crippen molar-refractivity contribution in [2.24, 2.45) is 18.9 Å². The second kappa shape index (κ2) is 7.83. The maximum Gasteiger partial charge on any atom is 0.264 e. The molecule has 2 aliphatic heterocycles. The van der Waals surface area contributed by atoms with Gasteiger partial charge in [-0.2, -0.15) is 0 Å². The van der Waals surface area contributed by atoms with Crippen molar-refractivity contribution in [3.05, 3.63) is 23.7 Å². The quantitative estimate of drug-likeness (QED) is 0.827. The zero-order valence-electron chi connectivity index (χ0n) is 17.3. The van der Waals surface area contributed by atoms with Crippen molar-refractivity contribution in [1.29, 1.82) is 0 Å². The molecule has 0 aromatic carbocycles. The molecule has 1 aliphatic carbocycles. The molecule has 0 amide bonds. The van der Waals surface area contributed by atoms with Gasteiger partial charge < -0.3 is 18.8 Å². The third-order valence-corrected chi connectivity index (χ3v) is 7.12. The highest BCUT2D eigenvalue weighted by atomic mass is 16.5. The van der Waals surface area contributed by atoms with Crippen molar-refractivity contribution in [3.63, 3.8) is 0 Å². The van der Waals surface area contributed by atoms with E-state index in [2.05, 4.69) is 37.6 Å². The van der Waals surface area contributed by atoms with E-state index in [-0.39, 0.29) is 12.1 Å². The van der Waals surface area contributed by atoms with Gasteiger partial charge in [0.25, 0.3) is 5.89 Å². The number of aliphatic hydroxyl groups is 1. The number of likely N-dealkylation sites (tertiary alicyclic amines) is 1. The fourth-order valence-corrected chi connectivity index (χ4v) is 5.38. The van der Waals surface area contributed by atoms with Crippen molar-refractivity contribution in [2.45, 2.75) is 38.5 Å². The topological polar surface area (TPSA) is 79.8 Å². The molecule has 2 saturated heterocycles. The average molecular weight is 402 g/mol. The molecule has 1 N–H and O–H groups in total. The van der Waals surface area contributed by atoms with E-state index in [9.17, 15) is 5.11 Å². The molecule has 8 heteroatoms. The molecule has 3 fully saturated rings. The van der Waals surface area contributed by atoms with Crippen LogP contribution in [0.15, 0.2) is 16.5 Å². The van der Waals surface area contributed by atoms with Crippen LogP contribution in [0.5, 0.6) is 0 Å². The van der Waals surface area contributed by atoms with E-state index in [0.29, 0.717) is 30.2 Å². The van der Waals surface area contributed by atoms with Gasteiger partial charge in [-0.3, -0.25) is 9.80 Å². The number of aliphatic hydroxyl groups excluding tert-OH is 1. The molecule has 2 aromatic heterocycles. The maximum atomic E-state index is 10.8. The van der Waals surface area contributed by atoms with Crippen molar-refractivity contribution >= 4 is 0 Å². The molecule has 5 rings (SSSR count). The number of morpholine rings is 1. The van der Waals surface area contributed by atoms with Gasteiger partial charge in [0.2, 0.25) is 5.89 Å². The number of aryl methyl sites for hydroxylation is 1. The highest BCUT2D eigenvalue weighted by Crippen LogP contribution is 2.39. The Kier molecular flexibility index (Phi) is 5.19. The predicted molar refractivity (Wildman–Crippen MR) is 107 cm³/mol. The van der Waals surface area contributed by atoms with Crippen molar-refractivity contribution in [2.75, 3.05) is 39.4 Å². The molecule has 0 radical (unpaired) electrons. The lowest BCUT2D eigenvalue weighted by Crippen LogP contribution is -2.53. The Morgan fingerprint density at radius 1 is 1.10 bits per heavy atom. The lowest BCUT2D eigenvalue weighted by Gasteiger charge is -2.43. The zero-order valence-corrected chi connectivity index (χ0v) is 17.3. The fourth-order valence-electron chi connectivity index (χ4n) is 5.38. The molecular formula is C21H31N5O3. The summed E-state index contributed by atoms with van der Waals surface area (Å²) >= 11 is 0. The van der Waals surface area contributed by atoms with Crippen molar-refractivity contribution in [1.82, 2.24) is 24.6 Å². The van der Waals surface area contributed by atoms with Gasteiger partial charge in [-0.1, -0.05) is 0 Å². The molecule has 4 atom stereocenters. The molecule has 4 heterocycles. The van der Waals surface area contributed by atoms with E-state index < -0.39 is 0 Å². The Labute approximate surface area is 171 Å². The first-order valence-electron chi connectivity index (χ1n) is 10.8. The summed E-state index contributed by atoms with van der Waals surface area (Å²) in [5, 5.41) is 19.3. The van der Waals surface area contributed by atoms with Crippen LogP contribution in [-0.4, -0.2) is 81.2 Å². The number of hydrogen-bond donors (Lipinski definition) is 1. The van der Waals surface area contributed by atoms with Crippen LogP contribution < -0.4 is 0 Å². The van der Waals surface area contributed by atoms with Gasteiger partial charge in [-0.15, -0.1) is 10.2 Å². The summed E-state index contributed by atoms with van der Waals surface area (Å²) in [7, 11) is 2.01. The van der Waals surface area contributed by atoms with Gasteiger partial charge >= 0.3 is 0 Å². The standard InChI is InChI=1S/C21H31N5O3/c1-14-3-4-17(24(14)2)21-23-22-20(29-21)13-25-11-15-9-18(19(27)10-16(15)12-25)26-5-7-28-8-6-26/h3-4,15-16,18-19,27H,5-13H2,1-2H3/t15-,16+,18-,19-/m1/s1. The van der Waals surface area contributed by atoms with E-state index in [4.69, 9.17) is 9.15 Å². The lowest BCUT2D eigenvalue weighted by molar-refractivity contribution is -0.0520. The van der Waals surface area contributed by atoms with E-state index in [1.165, 1.54) is 0 Å². The van der Waals surface area contributed by atoms with E-state index >= 15 is 0 Å². The Bertz CT molecular complexity index is 843. The van der Waals surface area contributed by atoms with E-state index in [0.717, 1.165) is 63.6 Å². The summed E-state index contributed by atoms with van der Waals surface area (Å²) in [4.78, 5) is 4.84. The Balaban J connectivity index is 1.22. The highest BCUT2D eigenvalue weighted by Gasteiger charge is 2.43. The smallest absolute Gasteiger partial charge is 0.264 e. The van der Waals surface area contributed by atoms with Crippen LogP contribution in [0.1, 0.15) is 24.4 Å². The highest BCUT2D eigenvalue weighted by molar-refractivity contribution is 5.48. The van der Waals surface area contributed by atoms with Crippen LogP contribution in [0.25, 0.3) is 11.6 Å². The Hall–Kier alpha value is -1.74. The van der Waals surface area contributed by atoms with Gasteiger partial charge in [-0.25, -0.2) is 0 Å². The summed E-state index contributed by atoms with van der Waals surface area (Å²) < 4.78 is 13.5. The molecule has 8 nitrogen and oxygen atoms in total. The third kappa shape index (κ3) is 3.74. The number of fused-ring (bicyclic) bond motifs is 1. The molecule has 0 spiro atoms. The third-order valence-electron chi connectivity index (χ3n) is 7.12. The van der Waals surface area contributed by atoms with Gasteiger partial charge in [-0.05, 0) is 43.7 Å². The summed E-state index contributed by atoms with van der Waals surface area (Å²) in [6.07, 6.45) is 1.73. The summed E-state index contributed by atoms with van der Waals surface area (Å²) in [6, 6.07) is 4.35. The van der Waals surface area contributed by atoms with Crippen LogP contribution in [0, 0.1) is 18.8 Å². The second-order valence-corrected chi connectivity index (χ2v) is 8.89. The first kappa shape index (κ1) is 19.2. The van der Waals surface area contributed by atoms with Gasteiger partial charge in [0.05, 0.1) is 25.9 Å². The number of ether oxygens (including phenoxy) is 1. The largest absolute Gasteiger partial charge is 0.418 e. The molecule has 0 unspecified atom stereocenters. The molecule has 3 aliphatic rings. The minimum atomic E-state index is -0.232. The molecule has 1 saturated carbocycles. The van der Waals surface area contributed by atoms with Gasteiger partial charge in [0, 0.05) is 45.0 Å². The minimum Gasteiger partial charge on any atom is -0.418 e. The molecule has 158 valence electrons. The first-order chi connectivity index (χ1) is 14.1. The summed E-state index contributed by atoms with van der Waals surface area (Å²) in [6.45, 7) is 8.22. The normalized spacial score (nSPS) is 31.3. The SMILES string of the molecule is Cc1ccc(-c2nnc(CN3C[C@H]4C[C@@H](N5CCOCC5)[C@H](O)C[C@H]4C3)o2)n1C. The van der Waals surface area contributed by atoms with Crippen LogP contribution in [0.4, 0.5) is 0 Å². The fraction of sp³-hybridized carbons (Fsp3) is 0.714. The first-order valence-corrected chi connectivity index (χ1v) is 10.8. The summed E-state index contributed by atoms with van der Waals surface area (Å²) in [5.74, 6) is 2.43. The molecule has 2 aromatic rings. The zero-order chi connectivity index (χ0) is 20.0. The van der Waals surface area contributed by atoms with E-state index in [1.54, 1.807) is 0 Å². The van der Waals surface area contributed by atoms with Crippen LogP contribution in [0.3, 0.4) is 0 Å². The molecule has 29 heavy (non-hydrogen) atoms. The van der Waals surface area contributed by atoms with Crippen LogP contribution in [0.2, 0.25) is 0 Å². The number of nitrogens with zero attached hydrogens (tertiary/aromatic N) is 5. The Morgan fingerprint density at radius 2 is 1.86 bits per heavy atom. The maximum absolute atomic E-state index is 10.8. The molecule has 0 bridgehead atoms. The van der Waals surface area contributed by atoms with Crippen molar-refractivity contribution < 1.29 is 14.3 Å².